The third-order valence-corrected chi connectivity index (χ3v) is 5.36. The Morgan fingerprint density at radius 2 is 2.00 bits per heavy atom. The van der Waals surface area contributed by atoms with Crippen molar-refractivity contribution in [3.63, 3.8) is 0 Å². The normalized spacial score (nSPS) is 12.2. The fourth-order valence-corrected chi connectivity index (χ4v) is 3.81. The molecule has 0 spiro atoms. The molecule has 1 N–H and O–H groups in total. The minimum absolute atomic E-state index is 0.0953. The maximum absolute atomic E-state index is 12.5. The summed E-state index contributed by atoms with van der Waals surface area (Å²) in [5.41, 5.74) is 0.626. The molecule has 0 fully saturated rings. The Balaban J connectivity index is 2.04. The molecule has 2 heterocycles. The number of esters is 1. The monoisotopic (exact) mass is 402 g/mol. The number of H-pyrrole nitrogens is 1. The van der Waals surface area contributed by atoms with E-state index >= 15 is 0 Å². The number of rotatable bonds is 7. The maximum atomic E-state index is 12.5. The number of aryl methyl sites for hydroxylation is 3. The van der Waals surface area contributed by atoms with Gasteiger partial charge in [0, 0.05) is 13.6 Å². The Hall–Kier alpha value is -2.81. The Morgan fingerprint density at radius 1 is 1.29 bits per heavy atom. The molecule has 0 aliphatic carbocycles. The number of hydrogen-bond acceptors (Lipinski definition) is 6. The maximum Gasteiger partial charge on any atom is 0.319 e. The number of fused-ring (bicyclic) bond motifs is 1. The number of benzene rings is 1. The van der Waals surface area contributed by atoms with E-state index in [4.69, 9.17) is 4.74 Å². The summed E-state index contributed by atoms with van der Waals surface area (Å²) in [5, 5.41) is 2.44. The molecule has 0 aliphatic heterocycles. The van der Waals surface area contributed by atoms with Gasteiger partial charge < -0.3 is 9.30 Å². The number of carbonyl (C=O) groups is 1. The third-order valence-electron chi connectivity index (χ3n) is 4.29. The zero-order chi connectivity index (χ0) is 20.3. The summed E-state index contributed by atoms with van der Waals surface area (Å²) in [5.74, 6) is -0.365. The summed E-state index contributed by atoms with van der Waals surface area (Å²) in [6.07, 6.45) is 0.655. The second-order valence-corrected chi connectivity index (χ2v) is 7.60. The first-order valence-electron chi connectivity index (χ1n) is 8.99. The minimum atomic E-state index is -0.518. The highest BCUT2D eigenvalue weighted by molar-refractivity contribution is 8.00. The standard InChI is InChI=1S/C19H22N4O4S/c1-4-27-18(26)12(2)28-19-20-14-15(16(24)21-22(3)17(14)25)23(19)11-10-13-8-6-5-7-9-13/h5-9,12H,4,10-11H2,1-3H3,(H,21,24). The van der Waals surface area contributed by atoms with Crippen molar-refractivity contribution in [2.24, 2.45) is 7.05 Å². The molecule has 28 heavy (non-hydrogen) atoms. The highest BCUT2D eigenvalue weighted by atomic mass is 32.2. The number of aromatic nitrogens is 4. The molecule has 3 rings (SSSR count). The molecule has 2 aromatic heterocycles. The van der Waals surface area contributed by atoms with Crippen LogP contribution in [0.2, 0.25) is 0 Å². The van der Waals surface area contributed by atoms with E-state index in [1.807, 2.05) is 30.3 Å². The number of carbonyl (C=O) groups excluding carboxylic acids is 1. The van der Waals surface area contributed by atoms with Crippen LogP contribution in [0, 0.1) is 0 Å². The van der Waals surface area contributed by atoms with Crippen molar-refractivity contribution in [1.82, 2.24) is 19.3 Å². The first-order valence-corrected chi connectivity index (χ1v) is 9.87. The third kappa shape index (κ3) is 4.04. The Kier molecular flexibility index (Phi) is 6.03. The lowest BCUT2D eigenvalue weighted by molar-refractivity contribution is -0.142. The van der Waals surface area contributed by atoms with Crippen LogP contribution in [0.15, 0.2) is 45.1 Å². The van der Waals surface area contributed by atoms with Crippen LogP contribution >= 0.6 is 11.8 Å². The molecule has 148 valence electrons. The van der Waals surface area contributed by atoms with Gasteiger partial charge in [0.15, 0.2) is 10.7 Å². The lowest BCUT2D eigenvalue weighted by Gasteiger charge is -2.12. The van der Waals surface area contributed by atoms with Crippen molar-refractivity contribution >= 4 is 28.8 Å². The molecular formula is C19H22N4O4S. The van der Waals surface area contributed by atoms with Crippen molar-refractivity contribution in [2.45, 2.75) is 37.2 Å². The van der Waals surface area contributed by atoms with E-state index < -0.39 is 16.4 Å². The largest absolute Gasteiger partial charge is 0.465 e. The van der Waals surface area contributed by atoms with E-state index in [-0.39, 0.29) is 23.6 Å². The molecule has 1 atom stereocenters. The Bertz CT molecular complexity index is 1100. The molecule has 3 aromatic rings. The van der Waals surface area contributed by atoms with Gasteiger partial charge in [-0.05, 0) is 25.8 Å². The second-order valence-electron chi connectivity index (χ2n) is 6.30. The molecule has 0 amide bonds. The van der Waals surface area contributed by atoms with Gasteiger partial charge in [-0.1, -0.05) is 42.1 Å². The van der Waals surface area contributed by atoms with Crippen LogP contribution in [0.3, 0.4) is 0 Å². The average molecular weight is 402 g/mol. The number of imidazole rings is 1. The molecule has 1 aromatic carbocycles. The van der Waals surface area contributed by atoms with Crippen molar-refractivity contribution < 1.29 is 9.53 Å². The summed E-state index contributed by atoms with van der Waals surface area (Å²) >= 11 is 1.18. The van der Waals surface area contributed by atoms with Gasteiger partial charge in [-0.2, -0.15) is 0 Å². The van der Waals surface area contributed by atoms with Crippen LogP contribution < -0.4 is 11.1 Å². The highest BCUT2D eigenvalue weighted by Crippen LogP contribution is 2.26. The highest BCUT2D eigenvalue weighted by Gasteiger charge is 2.23. The summed E-state index contributed by atoms with van der Waals surface area (Å²) in [7, 11) is 1.47. The Labute approximate surface area is 165 Å². The predicted octanol–water partition coefficient (Wildman–Crippen LogP) is 1.71. The molecule has 9 heteroatoms. The van der Waals surface area contributed by atoms with Gasteiger partial charge in [-0.15, -0.1) is 0 Å². The quantitative estimate of drug-likeness (QED) is 0.477. The van der Waals surface area contributed by atoms with Crippen LogP contribution in [-0.4, -0.2) is 37.2 Å². The summed E-state index contributed by atoms with van der Waals surface area (Å²) in [4.78, 5) is 41.4. The van der Waals surface area contributed by atoms with E-state index in [2.05, 4.69) is 10.1 Å². The number of thioether (sulfide) groups is 1. The van der Waals surface area contributed by atoms with Gasteiger partial charge in [-0.3, -0.25) is 24.2 Å². The van der Waals surface area contributed by atoms with Crippen LogP contribution in [-0.2, 0) is 29.5 Å². The predicted molar refractivity (Wildman–Crippen MR) is 108 cm³/mol. The van der Waals surface area contributed by atoms with E-state index in [0.29, 0.717) is 18.1 Å². The van der Waals surface area contributed by atoms with Gasteiger partial charge in [0.2, 0.25) is 0 Å². The van der Waals surface area contributed by atoms with E-state index in [1.54, 1.807) is 18.4 Å². The van der Waals surface area contributed by atoms with Crippen LogP contribution in [0.5, 0.6) is 0 Å². The van der Waals surface area contributed by atoms with Gasteiger partial charge in [0.05, 0.1) is 6.61 Å². The second kappa shape index (κ2) is 8.47. The minimum Gasteiger partial charge on any atom is -0.465 e. The van der Waals surface area contributed by atoms with Gasteiger partial charge in [0.1, 0.15) is 10.8 Å². The topological polar surface area (TPSA) is 99.0 Å². The average Bonchev–Trinajstić information content (AvgIpc) is 3.04. The van der Waals surface area contributed by atoms with Crippen LogP contribution in [0.4, 0.5) is 0 Å². The lowest BCUT2D eigenvalue weighted by atomic mass is 10.1. The fourth-order valence-electron chi connectivity index (χ4n) is 2.88. The molecule has 0 bridgehead atoms. The molecule has 0 radical (unpaired) electrons. The SMILES string of the molecule is CCOC(=O)C(C)Sc1nc2c(=O)n(C)[nH]c(=O)c2n1CCc1ccccc1. The zero-order valence-corrected chi connectivity index (χ0v) is 16.8. The Morgan fingerprint density at radius 3 is 2.68 bits per heavy atom. The van der Waals surface area contributed by atoms with Gasteiger partial charge in [-0.25, -0.2) is 4.98 Å². The number of nitrogens with zero attached hydrogens (tertiary/aromatic N) is 3. The molecule has 0 saturated heterocycles. The number of nitrogens with one attached hydrogen (secondary N) is 1. The van der Waals surface area contributed by atoms with Gasteiger partial charge in [0.25, 0.3) is 11.1 Å². The fraction of sp³-hybridized carbons (Fsp3) is 0.368. The first-order chi connectivity index (χ1) is 13.4. The van der Waals surface area contributed by atoms with Crippen LogP contribution in [0.25, 0.3) is 11.0 Å². The van der Waals surface area contributed by atoms with E-state index in [0.717, 1.165) is 10.2 Å². The lowest BCUT2D eigenvalue weighted by Crippen LogP contribution is -2.28. The molecule has 8 nitrogen and oxygen atoms in total. The van der Waals surface area contributed by atoms with Crippen molar-refractivity contribution in [1.29, 1.82) is 0 Å². The number of hydrogen-bond donors (Lipinski definition) is 1. The summed E-state index contributed by atoms with van der Waals surface area (Å²) < 4.78 is 7.88. The summed E-state index contributed by atoms with van der Waals surface area (Å²) in [6, 6.07) is 9.82. The van der Waals surface area contributed by atoms with Crippen molar-refractivity contribution in [2.75, 3.05) is 6.61 Å². The van der Waals surface area contributed by atoms with E-state index in [1.165, 1.54) is 18.8 Å². The molecule has 0 saturated carbocycles. The molecule has 0 aliphatic rings. The van der Waals surface area contributed by atoms with E-state index in [9.17, 15) is 14.4 Å². The number of ether oxygens (including phenoxy) is 1. The van der Waals surface area contributed by atoms with Gasteiger partial charge >= 0.3 is 5.97 Å². The number of aromatic amines is 1. The molecule has 1 unspecified atom stereocenters. The van der Waals surface area contributed by atoms with Crippen molar-refractivity contribution in [3.8, 4) is 0 Å². The first kappa shape index (κ1) is 19.9. The smallest absolute Gasteiger partial charge is 0.319 e. The van der Waals surface area contributed by atoms with Crippen molar-refractivity contribution in [3.05, 3.63) is 56.6 Å². The van der Waals surface area contributed by atoms with Crippen LogP contribution in [0.1, 0.15) is 19.4 Å². The zero-order valence-electron chi connectivity index (χ0n) is 16.0. The molecular weight excluding hydrogens is 380 g/mol. The summed E-state index contributed by atoms with van der Waals surface area (Å²) in [6.45, 7) is 4.20.